The van der Waals surface area contributed by atoms with Crippen molar-refractivity contribution in [3.8, 4) is 0 Å². The standard InChI is InChI=1S/C55H110NO10P/c1-8-14-16-18-20-22-24-26-28-30-32-34-36-38-40-42-46-61-51(49-62-52(57)43-41-39-37-35-33-31-29-27-25-23-21-19-17-15-9-2)50-65-67(59,60)64-48-45-56-53(58)66-55(12-5,13-6)44-47-63-54(7,10-3)11-4/h51H,8-50H2,1-7H3,(H,56,58)(H,59,60). The van der Waals surface area contributed by atoms with E-state index in [1.54, 1.807) is 0 Å². The summed E-state index contributed by atoms with van der Waals surface area (Å²) in [5.74, 6) is -0.296. The number of phosphoric ester groups is 1. The van der Waals surface area contributed by atoms with Crippen molar-refractivity contribution in [2.75, 3.05) is 39.6 Å². The Kier molecular flexibility index (Phi) is 45.0. The smallest absolute Gasteiger partial charge is 0.463 e. The highest BCUT2D eigenvalue weighted by Gasteiger charge is 2.32. The zero-order chi connectivity index (χ0) is 49.6. The molecule has 1 amide bonds. The first-order valence-electron chi connectivity index (χ1n) is 28.4. The summed E-state index contributed by atoms with van der Waals surface area (Å²) in [7, 11) is -4.50. The van der Waals surface area contributed by atoms with Crippen molar-refractivity contribution >= 4 is 19.9 Å². The SMILES string of the molecule is CCCCCCCCCCCCCCCCCCOC(COC(=O)CCCCCCCCCCCCCCCCC)COP(=O)(O)OCCNC(=O)OC(CC)(CC)CCOC(C)(CC)CC. The van der Waals surface area contributed by atoms with E-state index in [2.05, 4.69) is 39.9 Å². The van der Waals surface area contributed by atoms with Gasteiger partial charge in [-0.15, -0.1) is 0 Å². The summed E-state index contributed by atoms with van der Waals surface area (Å²) < 4.78 is 47.0. The molecule has 0 heterocycles. The highest BCUT2D eigenvalue weighted by atomic mass is 31.2. The number of carbonyl (C=O) groups excluding carboxylic acids is 2. The van der Waals surface area contributed by atoms with Gasteiger partial charge in [-0.2, -0.15) is 0 Å². The number of ether oxygens (including phenoxy) is 4. The molecule has 0 aromatic rings. The molecule has 0 aliphatic carbocycles. The van der Waals surface area contributed by atoms with E-state index in [0.717, 1.165) is 51.4 Å². The third kappa shape index (κ3) is 41.1. The average Bonchev–Trinajstić information content (AvgIpc) is 3.32. The Morgan fingerprint density at radius 1 is 0.522 bits per heavy atom. The molecule has 0 rings (SSSR count). The van der Waals surface area contributed by atoms with Crippen LogP contribution >= 0.6 is 7.82 Å². The van der Waals surface area contributed by atoms with E-state index in [1.165, 1.54) is 161 Å². The van der Waals surface area contributed by atoms with Gasteiger partial charge >= 0.3 is 19.9 Å². The Balaban J connectivity index is 4.69. The molecule has 0 saturated heterocycles. The van der Waals surface area contributed by atoms with Gasteiger partial charge in [0.2, 0.25) is 0 Å². The van der Waals surface area contributed by atoms with Crippen molar-refractivity contribution < 1.29 is 47.0 Å². The lowest BCUT2D eigenvalue weighted by Gasteiger charge is -2.34. The van der Waals surface area contributed by atoms with Gasteiger partial charge in [0.25, 0.3) is 0 Å². The molecule has 2 N–H and O–H groups in total. The van der Waals surface area contributed by atoms with Gasteiger partial charge in [0.15, 0.2) is 0 Å². The molecule has 0 fully saturated rings. The quantitative estimate of drug-likeness (QED) is 0.0344. The van der Waals surface area contributed by atoms with Gasteiger partial charge in [-0.05, 0) is 45.4 Å². The second-order valence-electron chi connectivity index (χ2n) is 19.7. The van der Waals surface area contributed by atoms with Gasteiger partial charge in [0.1, 0.15) is 18.3 Å². The number of hydrogen-bond acceptors (Lipinski definition) is 9. The first-order chi connectivity index (χ1) is 32.4. The highest BCUT2D eigenvalue weighted by molar-refractivity contribution is 7.47. The summed E-state index contributed by atoms with van der Waals surface area (Å²) in [6, 6.07) is 0. The minimum atomic E-state index is -4.50. The van der Waals surface area contributed by atoms with Crippen LogP contribution in [0, 0.1) is 0 Å². The summed E-state index contributed by atoms with van der Waals surface area (Å²) in [4.78, 5) is 35.9. The molecule has 0 saturated carbocycles. The number of hydrogen-bond donors (Lipinski definition) is 2. The van der Waals surface area contributed by atoms with Crippen LogP contribution in [0.25, 0.3) is 0 Å². The molecule has 0 aromatic carbocycles. The molecule has 11 nitrogen and oxygen atoms in total. The summed E-state index contributed by atoms with van der Waals surface area (Å²) in [5.41, 5.74) is -0.889. The molecular weight excluding hydrogens is 866 g/mol. The first kappa shape index (κ1) is 65.8. The van der Waals surface area contributed by atoms with E-state index in [-0.39, 0.29) is 37.9 Å². The summed E-state index contributed by atoms with van der Waals surface area (Å²) in [5, 5.41) is 2.63. The van der Waals surface area contributed by atoms with Gasteiger partial charge in [-0.25, -0.2) is 9.36 Å². The zero-order valence-corrected chi connectivity index (χ0v) is 45.9. The Morgan fingerprint density at radius 3 is 1.36 bits per heavy atom. The predicted molar refractivity (Wildman–Crippen MR) is 279 cm³/mol. The molecule has 0 bridgehead atoms. The molecule has 0 aromatic heterocycles. The fourth-order valence-corrected chi connectivity index (χ4v) is 9.19. The van der Waals surface area contributed by atoms with E-state index >= 15 is 0 Å². The zero-order valence-electron chi connectivity index (χ0n) is 45.1. The molecule has 0 aliphatic rings. The molecule has 2 unspecified atom stereocenters. The van der Waals surface area contributed by atoms with E-state index in [1.807, 2.05) is 13.8 Å². The third-order valence-electron chi connectivity index (χ3n) is 13.9. The van der Waals surface area contributed by atoms with Gasteiger partial charge in [-0.3, -0.25) is 13.8 Å². The highest BCUT2D eigenvalue weighted by Crippen LogP contribution is 2.43. The van der Waals surface area contributed by atoms with Crippen LogP contribution in [0.2, 0.25) is 0 Å². The van der Waals surface area contributed by atoms with Crippen molar-refractivity contribution in [1.29, 1.82) is 0 Å². The Hall–Kier alpha value is -1.23. The van der Waals surface area contributed by atoms with Gasteiger partial charge in [0.05, 0.1) is 25.4 Å². The Morgan fingerprint density at radius 2 is 0.940 bits per heavy atom. The maximum Gasteiger partial charge on any atom is 0.472 e. The molecule has 2 atom stereocenters. The van der Waals surface area contributed by atoms with Gasteiger partial charge < -0.3 is 29.2 Å². The van der Waals surface area contributed by atoms with Crippen molar-refractivity contribution in [3.63, 3.8) is 0 Å². The van der Waals surface area contributed by atoms with E-state index in [9.17, 15) is 19.0 Å². The summed E-state index contributed by atoms with van der Waals surface area (Å²) in [6.45, 7) is 15.1. The molecule has 0 aliphatic heterocycles. The van der Waals surface area contributed by atoms with E-state index < -0.39 is 25.6 Å². The second-order valence-corrected chi connectivity index (χ2v) is 21.2. The fraction of sp³-hybridized carbons (Fsp3) is 0.964. The van der Waals surface area contributed by atoms with Crippen molar-refractivity contribution in [1.82, 2.24) is 5.32 Å². The fourth-order valence-electron chi connectivity index (χ4n) is 8.44. The lowest BCUT2D eigenvalue weighted by molar-refractivity contribution is -0.149. The molecular formula is C55H110NO10P. The molecule has 400 valence electrons. The molecule has 0 radical (unpaired) electrons. The maximum absolute atomic E-state index is 12.9. The van der Waals surface area contributed by atoms with Crippen LogP contribution in [0.1, 0.15) is 286 Å². The topological polar surface area (TPSA) is 139 Å². The van der Waals surface area contributed by atoms with Crippen molar-refractivity contribution in [2.45, 2.75) is 303 Å². The van der Waals surface area contributed by atoms with Crippen LogP contribution in [0.4, 0.5) is 4.79 Å². The lowest BCUT2D eigenvalue weighted by atomic mass is 9.93. The predicted octanol–water partition coefficient (Wildman–Crippen LogP) is 16.8. The van der Waals surface area contributed by atoms with Gasteiger partial charge in [0, 0.05) is 26.0 Å². The number of unbranched alkanes of at least 4 members (excludes halogenated alkanes) is 29. The van der Waals surface area contributed by atoms with Crippen molar-refractivity contribution in [3.05, 3.63) is 0 Å². The van der Waals surface area contributed by atoms with E-state index in [0.29, 0.717) is 38.9 Å². The Labute approximate surface area is 413 Å². The van der Waals surface area contributed by atoms with Crippen molar-refractivity contribution in [2.24, 2.45) is 0 Å². The number of phosphoric acid groups is 1. The van der Waals surface area contributed by atoms with Crippen LogP contribution in [-0.2, 0) is 37.4 Å². The number of nitrogens with one attached hydrogen (secondary N) is 1. The Bertz CT molecular complexity index is 1150. The lowest BCUT2D eigenvalue weighted by Crippen LogP contribution is -2.41. The number of carbonyl (C=O) groups is 2. The summed E-state index contributed by atoms with van der Waals surface area (Å²) >= 11 is 0. The molecule has 0 spiro atoms. The van der Waals surface area contributed by atoms with Crippen LogP contribution < -0.4 is 5.32 Å². The monoisotopic (exact) mass is 976 g/mol. The number of esters is 1. The number of rotatable bonds is 52. The minimum absolute atomic E-state index is 0.0490. The van der Waals surface area contributed by atoms with Crippen LogP contribution in [0.15, 0.2) is 0 Å². The number of alkyl carbamates (subject to hydrolysis) is 1. The van der Waals surface area contributed by atoms with Crippen LogP contribution in [0.5, 0.6) is 0 Å². The van der Waals surface area contributed by atoms with Crippen LogP contribution in [-0.4, -0.2) is 73.8 Å². The molecule has 67 heavy (non-hydrogen) atoms. The second kappa shape index (κ2) is 45.9. The minimum Gasteiger partial charge on any atom is -0.463 e. The average molecular weight is 976 g/mol. The van der Waals surface area contributed by atoms with Gasteiger partial charge in [-0.1, -0.05) is 228 Å². The number of amides is 1. The third-order valence-corrected chi connectivity index (χ3v) is 14.9. The first-order valence-corrected chi connectivity index (χ1v) is 29.9. The normalized spacial score (nSPS) is 13.4. The maximum atomic E-state index is 12.9. The summed E-state index contributed by atoms with van der Waals surface area (Å²) in [6.07, 6.45) is 42.0. The van der Waals surface area contributed by atoms with Crippen LogP contribution in [0.3, 0.4) is 0 Å². The van der Waals surface area contributed by atoms with E-state index in [4.69, 9.17) is 28.0 Å². The molecule has 12 heteroatoms. The largest absolute Gasteiger partial charge is 0.472 e.